The number of nitrogens with zero attached hydrogens (tertiary/aromatic N) is 2. The van der Waals surface area contributed by atoms with Crippen LogP contribution in [0.2, 0.25) is 0 Å². The molecule has 0 bridgehead atoms. The Kier molecular flexibility index (Phi) is 4.85. The van der Waals surface area contributed by atoms with Crippen LogP contribution in [0.5, 0.6) is 0 Å². The monoisotopic (exact) mass is 278 g/mol. The van der Waals surface area contributed by atoms with E-state index in [9.17, 15) is 22.4 Å². The molecule has 0 fully saturated rings. The van der Waals surface area contributed by atoms with E-state index >= 15 is 0 Å². The summed E-state index contributed by atoms with van der Waals surface area (Å²) in [4.78, 5) is 15.8. The highest BCUT2D eigenvalue weighted by Crippen LogP contribution is 2.18. The van der Waals surface area contributed by atoms with Crippen molar-refractivity contribution in [2.24, 2.45) is 5.92 Å². The predicted octanol–water partition coefficient (Wildman–Crippen LogP) is 2.88. The zero-order chi connectivity index (χ0) is 14.6. The van der Waals surface area contributed by atoms with Crippen LogP contribution in [0.1, 0.15) is 24.3 Å². The molecule has 19 heavy (non-hydrogen) atoms. The summed E-state index contributed by atoms with van der Waals surface area (Å²) in [6, 6.07) is 3.44. The van der Waals surface area contributed by atoms with Gasteiger partial charge in [0.25, 0.3) is 5.91 Å². The van der Waals surface area contributed by atoms with Crippen LogP contribution in [0.3, 0.4) is 0 Å². The number of amides is 1. The topological polar surface area (TPSA) is 33.2 Å². The fraction of sp³-hybridized carbons (Fsp3) is 0.500. The van der Waals surface area contributed by atoms with Gasteiger partial charge in [-0.15, -0.1) is 0 Å². The number of carbonyl (C=O) groups excluding carboxylic acids is 1. The lowest BCUT2D eigenvalue weighted by Crippen LogP contribution is -2.41. The molecule has 0 aromatic carbocycles. The average Bonchev–Trinajstić information content (AvgIpc) is 2.24. The van der Waals surface area contributed by atoms with Crippen LogP contribution in [0.4, 0.5) is 17.6 Å². The first kappa shape index (κ1) is 15.4. The van der Waals surface area contributed by atoms with Crippen molar-refractivity contribution in [1.82, 2.24) is 9.88 Å². The van der Waals surface area contributed by atoms with Crippen molar-refractivity contribution >= 4 is 5.91 Å². The second-order valence-electron chi connectivity index (χ2n) is 4.54. The van der Waals surface area contributed by atoms with Crippen molar-refractivity contribution in [1.29, 1.82) is 0 Å². The molecule has 106 valence electrons. The van der Waals surface area contributed by atoms with Crippen molar-refractivity contribution in [3.8, 4) is 0 Å². The van der Waals surface area contributed by atoms with Gasteiger partial charge >= 0.3 is 6.18 Å². The van der Waals surface area contributed by atoms with Crippen molar-refractivity contribution in [3.63, 3.8) is 0 Å². The van der Waals surface area contributed by atoms with Crippen LogP contribution in [0, 0.1) is 11.9 Å². The standard InChI is InChI=1S/C12H14F4N2O/c1-8(2)6-18(7-12(14,15)16)11(19)9-4-3-5-10(13)17-9/h3-5,8H,6-7H2,1-2H3. The van der Waals surface area contributed by atoms with Crippen LogP contribution in [-0.2, 0) is 0 Å². The molecular formula is C12H14F4N2O. The zero-order valence-corrected chi connectivity index (χ0v) is 10.5. The number of carbonyl (C=O) groups is 1. The lowest BCUT2D eigenvalue weighted by atomic mass is 10.2. The van der Waals surface area contributed by atoms with Crippen molar-refractivity contribution in [3.05, 3.63) is 29.8 Å². The van der Waals surface area contributed by atoms with Crippen molar-refractivity contribution in [2.45, 2.75) is 20.0 Å². The first-order valence-electron chi connectivity index (χ1n) is 5.67. The van der Waals surface area contributed by atoms with E-state index in [2.05, 4.69) is 4.98 Å². The molecule has 0 spiro atoms. The molecule has 1 heterocycles. The Labute approximate surface area is 108 Å². The molecule has 7 heteroatoms. The lowest BCUT2D eigenvalue weighted by Gasteiger charge is -2.25. The minimum Gasteiger partial charge on any atom is -0.328 e. The van der Waals surface area contributed by atoms with Gasteiger partial charge in [-0.25, -0.2) is 4.98 Å². The maximum Gasteiger partial charge on any atom is 0.406 e. The predicted molar refractivity (Wildman–Crippen MR) is 61.0 cm³/mol. The summed E-state index contributed by atoms with van der Waals surface area (Å²) < 4.78 is 50.2. The molecule has 0 aliphatic carbocycles. The first-order chi connectivity index (χ1) is 8.69. The number of rotatable bonds is 4. The molecule has 0 saturated carbocycles. The Morgan fingerprint density at radius 1 is 1.37 bits per heavy atom. The van der Waals surface area contributed by atoms with E-state index in [-0.39, 0.29) is 18.2 Å². The summed E-state index contributed by atoms with van der Waals surface area (Å²) in [5, 5.41) is 0. The van der Waals surface area contributed by atoms with Gasteiger partial charge in [0.1, 0.15) is 12.2 Å². The molecule has 0 aliphatic rings. The molecule has 1 aromatic heterocycles. The van der Waals surface area contributed by atoms with E-state index in [0.717, 1.165) is 6.07 Å². The van der Waals surface area contributed by atoms with E-state index in [1.165, 1.54) is 12.1 Å². The van der Waals surface area contributed by atoms with E-state index < -0.39 is 24.6 Å². The van der Waals surface area contributed by atoms with Crippen LogP contribution in [0.25, 0.3) is 0 Å². The van der Waals surface area contributed by atoms with E-state index in [0.29, 0.717) is 4.90 Å². The third kappa shape index (κ3) is 5.23. The van der Waals surface area contributed by atoms with Gasteiger partial charge in [-0.05, 0) is 18.1 Å². The smallest absolute Gasteiger partial charge is 0.328 e. The Morgan fingerprint density at radius 2 is 2.00 bits per heavy atom. The molecule has 0 radical (unpaired) electrons. The molecule has 0 atom stereocenters. The number of halogens is 4. The quantitative estimate of drug-likeness (QED) is 0.626. The largest absolute Gasteiger partial charge is 0.406 e. The summed E-state index contributed by atoms with van der Waals surface area (Å²) in [7, 11) is 0. The number of hydrogen-bond acceptors (Lipinski definition) is 2. The van der Waals surface area contributed by atoms with Crippen molar-refractivity contribution < 1.29 is 22.4 Å². The number of aromatic nitrogens is 1. The maximum atomic E-state index is 12.9. The van der Waals surface area contributed by atoms with E-state index in [1.807, 2.05) is 0 Å². The summed E-state index contributed by atoms with van der Waals surface area (Å²) in [5.74, 6) is -1.97. The van der Waals surface area contributed by atoms with Crippen LogP contribution in [0.15, 0.2) is 18.2 Å². The zero-order valence-electron chi connectivity index (χ0n) is 10.5. The number of alkyl halides is 3. The van der Waals surface area contributed by atoms with Crippen LogP contribution < -0.4 is 0 Å². The van der Waals surface area contributed by atoms with Gasteiger partial charge in [-0.2, -0.15) is 17.6 Å². The van der Waals surface area contributed by atoms with E-state index in [1.54, 1.807) is 13.8 Å². The fourth-order valence-corrected chi connectivity index (χ4v) is 1.57. The molecule has 0 aliphatic heterocycles. The molecule has 0 unspecified atom stereocenters. The van der Waals surface area contributed by atoms with Gasteiger partial charge in [0.2, 0.25) is 5.95 Å². The fourth-order valence-electron chi connectivity index (χ4n) is 1.57. The summed E-state index contributed by atoms with van der Waals surface area (Å²) in [6.45, 7) is 1.93. The third-order valence-corrected chi connectivity index (χ3v) is 2.18. The first-order valence-corrected chi connectivity index (χ1v) is 5.67. The minimum absolute atomic E-state index is 0.0729. The molecule has 1 aromatic rings. The molecule has 0 N–H and O–H groups in total. The van der Waals surface area contributed by atoms with E-state index in [4.69, 9.17) is 0 Å². The molecular weight excluding hydrogens is 264 g/mol. The Hall–Kier alpha value is -1.66. The van der Waals surface area contributed by atoms with Crippen LogP contribution >= 0.6 is 0 Å². The second-order valence-corrected chi connectivity index (χ2v) is 4.54. The average molecular weight is 278 g/mol. The summed E-state index contributed by atoms with van der Waals surface area (Å²) in [5.41, 5.74) is -0.329. The molecule has 1 rings (SSSR count). The minimum atomic E-state index is -4.50. The van der Waals surface area contributed by atoms with Gasteiger partial charge in [0, 0.05) is 6.54 Å². The van der Waals surface area contributed by atoms with Gasteiger partial charge in [0.15, 0.2) is 0 Å². The lowest BCUT2D eigenvalue weighted by molar-refractivity contribution is -0.141. The third-order valence-electron chi connectivity index (χ3n) is 2.18. The molecule has 0 saturated heterocycles. The molecule has 1 amide bonds. The Balaban J connectivity index is 2.93. The highest BCUT2D eigenvalue weighted by molar-refractivity contribution is 5.92. The summed E-state index contributed by atoms with van der Waals surface area (Å²) >= 11 is 0. The maximum absolute atomic E-state index is 12.9. The number of hydrogen-bond donors (Lipinski definition) is 0. The van der Waals surface area contributed by atoms with Gasteiger partial charge in [0.05, 0.1) is 0 Å². The van der Waals surface area contributed by atoms with Crippen LogP contribution in [-0.4, -0.2) is 35.1 Å². The Bertz CT molecular complexity index is 446. The highest BCUT2D eigenvalue weighted by atomic mass is 19.4. The van der Waals surface area contributed by atoms with Gasteiger partial charge in [-0.1, -0.05) is 19.9 Å². The normalized spacial score (nSPS) is 11.7. The van der Waals surface area contributed by atoms with Gasteiger partial charge < -0.3 is 4.90 Å². The van der Waals surface area contributed by atoms with Gasteiger partial charge in [-0.3, -0.25) is 4.79 Å². The number of pyridine rings is 1. The SMILES string of the molecule is CC(C)CN(CC(F)(F)F)C(=O)c1cccc(F)n1. The molecule has 3 nitrogen and oxygen atoms in total. The Morgan fingerprint density at radius 3 is 2.47 bits per heavy atom. The second kappa shape index (κ2) is 5.99. The van der Waals surface area contributed by atoms with Crippen molar-refractivity contribution in [2.75, 3.05) is 13.1 Å². The highest BCUT2D eigenvalue weighted by Gasteiger charge is 2.34. The summed E-state index contributed by atoms with van der Waals surface area (Å²) in [6.07, 6.45) is -4.50.